The molecular formula is C32H22. The van der Waals surface area contributed by atoms with Crippen molar-refractivity contribution in [2.45, 2.75) is 0 Å². The normalized spacial score (nSPS) is 11.1. The zero-order valence-corrected chi connectivity index (χ0v) is 17.7. The van der Waals surface area contributed by atoms with Gasteiger partial charge in [0, 0.05) is 0 Å². The van der Waals surface area contributed by atoms with E-state index in [1.54, 1.807) is 0 Å². The highest BCUT2D eigenvalue weighted by molar-refractivity contribution is 6.21. The molecule has 0 nitrogen and oxygen atoms in total. The first kappa shape index (κ1) is 18.6. The average Bonchev–Trinajstić information content (AvgIpc) is 2.88. The van der Waals surface area contributed by atoms with Crippen molar-refractivity contribution in [3.05, 3.63) is 133 Å². The number of rotatable bonds is 3. The van der Waals surface area contributed by atoms with Crippen LogP contribution in [-0.2, 0) is 0 Å². The van der Waals surface area contributed by atoms with Crippen LogP contribution in [0.1, 0.15) is 0 Å². The molecule has 6 aromatic carbocycles. The summed E-state index contributed by atoms with van der Waals surface area (Å²) in [4.78, 5) is 0. The van der Waals surface area contributed by atoms with Crippen LogP contribution in [0.25, 0.3) is 54.9 Å². The van der Waals surface area contributed by atoms with Gasteiger partial charge in [-0.05, 0) is 61.0 Å². The van der Waals surface area contributed by atoms with Gasteiger partial charge in [0.2, 0.25) is 0 Å². The third kappa shape index (κ3) is 3.09. The zero-order chi connectivity index (χ0) is 21.3. The Bertz CT molecular complexity index is 1530. The summed E-state index contributed by atoms with van der Waals surface area (Å²) in [6.45, 7) is 0. The summed E-state index contributed by atoms with van der Waals surface area (Å²) in [7, 11) is 0. The molecule has 0 aliphatic heterocycles. The highest BCUT2D eigenvalue weighted by atomic mass is 14.2. The average molecular weight is 407 g/mol. The lowest BCUT2D eigenvalue weighted by Crippen LogP contribution is -1.91. The molecule has 0 bridgehead atoms. The molecule has 150 valence electrons. The van der Waals surface area contributed by atoms with Crippen molar-refractivity contribution in [3.63, 3.8) is 0 Å². The Kier molecular flexibility index (Phi) is 4.55. The second-order valence-corrected chi connectivity index (χ2v) is 8.15. The highest BCUT2D eigenvalue weighted by Gasteiger charge is 2.17. The van der Waals surface area contributed by atoms with Crippen molar-refractivity contribution >= 4 is 21.5 Å². The Morgan fingerprint density at radius 1 is 0.250 bits per heavy atom. The molecule has 0 atom stereocenters. The smallest absolute Gasteiger partial charge is 0.00262 e. The largest absolute Gasteiger partial charge is 0.0622 e. The lowest BCUT2D eigenvalue weighted by Gasteiger charge is -2.18. The third-order valence-corrected chi connectivity index (χ3v) is 6.26. The number of benzene rings is 6. The summed E-state index contributed by atoms with van der Waals surface area (Å²) >= 11 is 0. The van der Waals surface area contributed by atoms with Gasteiger partial charge in [0.1, 0.15) is 0 Å². The predicted molar refractivity (Wildman–Crippen MR) is 138 cm³/mol. The summed E-state index contributed by atoms with van der Waals surface area (Å²) in [5, 5.41) is 5.15. The quantitative estimate of drug-likeness (QED) is 0.257. The van der Waals surface area contributed by atoms with Crippen LogP contribution in [-0.4, -0.2) is 0 Å². The van der Waals surface area contributed by atoms with Crippen molar-refractivity contribution < 1.29 is 0 Å². The summed E-state index contributed by atoms with van der Waals surface area (Å²) < 4.78 is 0. The molecule has 0 saturated heterocycles. The highest BCUT2D eigenvalue weighted by Crippen LogP contribution is 2.44. The second kappa shape index (κ2) is 7.83. The van der Waals surface area contributed by atoms with Crippen LogP contribution >= 0.6 is 0 Å². The molecule has 0 amide bonds. The molecule has 0 heterocycles. The first-order valence-electron chi connectivity index (χ1n) is 11.0. The Morgan fingerprint density at radius 3 is 1.19 bits per heavy atom. The molecule has 32 heavy (non-hydrogen) atoms. The van der Waals surface area contributed by atoms with E-state index < -0.39 is 0 Å². The molecule has 0 unspecified atom stereocenters. The van der Waals surface area contributed by atoms with Gasteiger partial charge in [-0.2, -0.15) is 0 Å². The minimum atomic E-state index is 1.24. The molecule has 0 radical (unpaired) electrons. The molecule has 0 heteroatoms. The fraction of sp³-hybridized carbons (Fsp3) is 0. The van der Waals surface area contributed by atoms with Gasteiger partial charge in [0.05, 0.1) is 0 Å². The number of hydrogen-bond donors (Lipinski definition) is 0. The fourth-order valence-electron chi connectivity index (χ4n) is 4.82. The van der Waals surface area contributed by atoms with E-state index in [4.69, 9.17) is 0 Å². The van der Waals surface area contributed by atoms with Gasteiger partial charge in [0.25, 0.3) is 0 Å². The van der Waals surface area contributed by atoms with E-state index in [0.29, 0.717) is 0 Å². The SMILES string of the molecule is c1ccc(-c2ccc3c(-c4ccccc4)c4ccccc4c(-c4ccccc4)c3c2)cc1. The summed E-state index contributed by atoms with van der Waals surface area (Å²) in [6.07, 6.45) is 0. The molecule has 0 spiro atoms. The van der Waals surface area contributed by atoms with E-state index in [1.165, 1.54) is 54.9 Å². The summed E-state index contributed by atoms with van der Waals surface area (Å²) in [5.74, 6) is 0. The molecule has 0 aliphatic carbocycles. The van der Waals surface area contributed by atoms with E-state index in [-0.39, 0.29) is 0 Å². The van der Waals surface area contributed by atoms with Gasteiger partial charge in [-0.3, -0.25) is 0 Å². The van der Waals surface area contributed by atoms with Crippen LogP contribution in [0.15, 0.2) is 133 Å². The van der Waals surface area contributed by atoms with Gasteiger partial charge in [-0.1, -0.05) is 127 Å². The first-order chi connectivity index (χ1) is 15.9. The van der Waals surface area contributed by atoms with Crippen molar-refractivity contribution in [2.75, 3.05) is 0 Å². The third-order valence-electron chi connectivity index (χ3n) is 6.26. The molecule has 6 rings (SSSR count). The van der Waals surface area contributed by atoms with E-state index in [2.05, 4.69) is 133 Å². The Balaban J connectivity index is 1.80. The van der Waals surface area contributed by atoms with Gasteiger partial charge >= 0.3 is 0 Å². The van der Waals surface area contributed by atoms with E-state index in [1.807, 2.05) is 0 Å². The van der Waals surface area contributed by atoms with Crippen molar-refractivity contribution in [3.8, 4) is 33.4 Å². The zero-order valence-electron chi connectivity index (χ0n) is 17.7. The minimum Gasteiger partial charge on any atom is -0.0622 e. The fourth-order valence-corrected chi connectivity index (χ4v) is 4.82. The van der Waals surface area contributed by atoms with E-state index >= 15 is 0 Å². The maximum atomic E-state index is 2.37. The van der Waals surface area contributed by atoms with Crippen LogP contribution < -0.4 is 0 Å². The van der Waals surface area contributed by atoms with Gasteiger partial charge in [0.15, 0.2) is 0 Å². The van der Waals surface area contributed by atoms with Crippen LogP contribution in [0.3, 0.4) is 0 Å². The van der Waals surface area contributed by atoms with Crippen LogP contribution in [0.5, 0.6) is 0 Å². The lowest BCUT2D eigenvalue weighted by molar-refractivity contribution is 1.63. The van der Waals surface area contributed by atoms with Gasteiger partial charge in [-0.25, -0.2) is 0 Å². The summed E-state index contributed by atoms with van der Waals surface area (Å²) in [5.41, 5.74) is 7.58. The Morgan fingerprint density at radius 2 is 0.656 bits per heavy atom. The molecule has 6 aromatic rings. The maximum absolute atomic E-state index is 2.37. The second-order valence-electron chi connectivity index (χ2n) is 8.15. The van der Waals surface area contributed by atoms with E-state index in [0.717, 1.165) is 0 Å². The molecule has 0 aromatic heterocycles. The molecular weight excluding hydrogens is 384 g/mol. The van der Waals surface area contributed by atoms with Crippen molar-refractivity contribution in [1.29, 1.82) is 0 Å². The van der Waals surface area contributed by atoms with Crippen molar-refractivity contribution in [1.82, 2.24) is 0 Å². The van der Waals surface area contributed by atoms with Crippen LogP contribution in [0.4, 0.5) is 0 Å². The maximum Gasteiger partial charge on any atom is -0.00262 e. The molecule has 0 aliphatic rings. The Hall–Kier alpha value is -4.16. The standard InChI is InChI=1S/C32H22/c1-4-12-23(13-5-1)26-20-21-29-30(22-26)32(25-16-8-3-9-17-25)28-19-11-10-18-27(28)31(29)24-14-6-2-7-15-24/h1-22H. The van der Waals surface area contributed by atoms with Gasteiger partial charge < -0.3 is 0 Å². The molecule has 0 N–H and O–H groups in total. The molecule has 0 fully saturated rings. The predicted octanol–water partition coefficient (Wildman–Crippen LogP) is 8.99. The first-order valence-corrected chi connectivity index (χ1v) is 11.0. The monoisotopic (exact) mass is 406 g/mol. The Labute approximate surface area is 188 Å². The van der Waals surface area contributed by atoms with Crippen molar-refractivity contribution in [2.24, 2.45) is 0 Å². The van der Waals surface area contributed by atoms with Crippen LogP contribution in [0.2, 0.25) is 0 Å². The minimum absolute atomic E-state index is 1.24. The number of hydrogen-bond acceptors (Lipinski definition) is 0. The lowest BCUT2D eigenvalue weighted by atomic mass is 9.85. The number of fused-ring (bicyclic) bond motifs is 2. The summed E-state index contributed by atoms with van der Waals surface area (Å²) in [6, 6.07) is 47.9. The molecule has 0 saturated carbocycles. The van der Waals surface area contributed by atoms with E-state index in [9.17, 15) is 0 Å². The van der Waals surface area contributed by atoms with Gasteiger partial charge in [-0.15, -0.1) is 0 Å². The topological polar surface area (TPSA) is 0 Å². The van der Waals surface area contributed by atoms with Crippen LogP contribution in [0, 0.1) is 0 Å².